The van der Waals surface area contributed by atoms with E-state index < -0.39 is 0 Å². The number of hydrogen-bond donors (Lipinski definition) is 1. The Kier molecular flexibility index (Phi) is 3.84. The van der Waals surface area contributed by atoms with Crippen LogP contribution >= 0.6 is 0 Å². The van der Waals surface area contributed by atoms with Crippen LogP contribution in [-0.2, 0) is 6.42 Å². The van der Waals surface area contributed by atoms with Crippen LogP contribution in [0.5, 0.6) is 5.75 Å². The van der Waals surface area contributed by atoms with E-state index in [1.807, 2.05) is 36.4 Å². The molecule has 0 aliphatic rings. The third-order valence-corrected chi connectivity index (χ3v) is 3.67. The summed E-state index contributed by atoms with van der Waals surface area (Å²) in [6.07, 6.45) is 2.57. The van der Waals surface area contributed by atoms with E-state index in [0.29, 0.717) is 0 Å². The van der Waals surface area contributed by atoms with Gasteiger partial charge in [0.25, 0.3) is 0 Å². The maximum atomic E-state index is 6.42. The molecule has 106 valence electrons. The minimum Gasteiger partial charge on any atom is -0.497 e. The highest BCUT2D eigenvalue weighted by molar-refractivity contribution is 5.82. The van der Waals surface area contributed by atoms with Crippen molar-refractivity contribution < 1.29 is 4.74 Å². The first-order valence-electron chi connectivity index (χ1n) is 7.00. The number of methoxy groups -OCH3 is 1. The van der Waals surface area contributed by atoms with E-state index in [-0.39, 0.29) is 6.04 Å². The molecule has 0 bridgehead atoms. The summed E-state index contributed by atoms with van der Waals surface area (Å²) in [5.41, 5.74) is 9.70. The Bertz CT molecular complexity index is 750. The molecule has 0 spiro atoms. The molecule has 0 fully saturated rings. The third-order valence-electron chi connectivity index (χ3n) is 3.67. The van der Waals surface area contributed by atoms with Gasteiger partial charge in [0.1, 0.15) is 5.75 Å². The summed E-state index contributed by atoms with van der Waals surface area (Å²) in [6.45, 7) is 0. The standard InChI is InChI=1S/C18H18N2O/c1-21-14-6-2-5-13(11-14)12-17(19)15-7-3-9-18-16(15)8-4-10-20-18/h2-11,17H,12,19H2,1H3. The average Bonchev–Trinajstić information content (AvgIpc) is 2.54. The molecule has 3 heteroatoms. The van der Waals surface area contributed by atoms with E-state index in [1.165, 1.54) is 5.56 Å². The van der Waals surface area contributed by atoms with E-state index in [2.05, 4.69) is 23.2 Å². The van der Waals surface area contributed by atoms with Crippen molar-refractivity contribution >= 4 is 10.9 Å². The Morgan fingerprint density at radius 3 is 2.81 bits per heavy atom. The normalized spacial score (nSPS) is 12.3. The topological polar surface area (TPSA) is 48.1 Å². The van der Waals surface area contributed by atoms with Gasteiger partial charge in [0, 0.05) is 17.6 Å². The van der Waals surface area contributed by atoms with Crippen molar-refractivity contribution in [3.8, 4) is 5.75 Å². The van der Waals surface area contributed by atoms with Gasteiger partial charge >= 0.3 is 0 Å². The van der Waals surface area contributed by atoms with Crippen molar-refractivity contribution in [1.82, 2.24) is 4.98 Å². The van der Waals surface area contributed by atoms with Crippen molar-refractivity contribution in [2.75, 3.05) is 7.11 Å². The highest BCUT2D eigenvalue weighted by Crippen LogP contribution is 2.25. The molecular formula is C18H18N2O. The van der Waals surface area contributed by atoms with E-state index in [1.54, 1.807) is 13.3 Å². The lowest BCUT2D eigenvalue weighted by molar-refractivity contribution is 0.414. The quantitative estimate of drug-likeness (QED) is 0.794. The molecule has 1 unspecified atom stereocenters. The highest BCUT2D eigenvalue weighted by Gasteiger charge is 2.11. The molecular weight excluding hydrogens is 260 g/mol. The smallest absolute Gasteiger partial charge is 0.119 e. The fraction of sp³-hybridized carbons (Fsp3) is 0.167. The minimum absolute atomic E-state index is 0.0648. The van der Waals surface area contributed by atoms with Gasteiger partial charge in [-0.2, -0.15) is 0 Å². The summed E-state index contributed by atoms with van der Waals surface area (Å²) < 4.78 is 5.26. The maximum Gasteiger partial charge on any atom is 0.119 e. The fourth-order valence-electron chi connectivity index (χ4n) is 2.61. The second-order valence-corrected chi connectivity index (χ2v) is 5.08. The van der Waals surface area contributed by atoms with E-state index in [0.717, 1.165) is 28.6 Å². The Balaban J connectivity index is 1.91. The summed E-state index contributed by atoms with van der Waals surface area (Å²) >= 11 is 0. The number of nitrogens with zero attached hydrogens (tertiary/aromatic N) is 1. The molecule has 0 saturated heterocycles. The van der Waals surface area contributed by atoms with Gasteiger partial charge in [-0.1, -0.05) is 30.3 Å². The predicted octanol–water partition coefficient (Wildman–Crippen LogP) is 3.49. The zero-order valence-electron chi connectivity index (χ0n) is 12.0. The predicted molar refractivity (Wildman–Crippen MR) is 85.4 cm³/mol. The van der Waals surface area contributed by atoms with Crippen LogP contribution in [-0.4, -0.2) is 12.1 Å². The zero-order chi connectivity index (χ0) is 14.7. The van der Waals surface area contributed by atoms with Gasteiger partial charge in [-0.3, -0.25) is 4.98 Å². The summed E-state index contributed by atoms with van der Waals surface area (Å²) in [5, 5.41) is 1.12. The van der Waals surface area contributed by atoms with Crippen molar-refractivity contribution in [1.29, 1.82) is 0 Å². The largest absolute Gasteiger partial charge is 0.497 e. The molecule has 0 aliphatic heterocycles. The van der Waals surface area contributed by atoms with Crippen molar-refractivity contribution in [2.45, 2.75) is 12.5 Å². The second kappa shape index (κ2) is 5.94. The summed E-state index contributed by atoms with van der Waals surface area (Å²) in [4.78, 5) is 4.38. The lowest BCUT2D eigenvalue weighted by atomic mass is 9.96. The molecule has 3 aromatic rings. The average molecular weight is 278 g/mol. The number of nitrogens with two attached hydrogens (primary N) is 1. The number of rotatable bonds is 4. The number of fused-ring (bicyclic) bond motifs is 1. The first-order valence-corrected chi connectivity index (χ1v) is 7.00. The Morgan fingerprint density at radius 1 is 1.10 bits per heavy atom. The molecule has 2 N–H and O–H groups in total. The Hall–Kier alpha value is -2.39. The van der Waals surface area contributed by atoms with Gasteiger partial charge in [-0.15, -0.1) is 0 Å². The van der Waals surface area contributed by atoms with Crippen LogP contribution in [0.1, 0.15) is 17.2 Å². The Labute approximate surface area is 124 Å². The second-order valence-electron chi connectivity index (χ2n) is 5.08. The van der Waals surface area contributed by atoms with Gasteiger partial charge in [0.2, 0.25) is 0 Å². The van der Waals surface area contributed by atoms with Crippen LogP contribution in [0.15, 0.2) is 60.8 Å². The molecule has 0 aliphatic carbocycles. The monoisotopic (exact) mass is 278 g/mol. The van der Waals surface area contributed by atoms with E-state index >= 15 is 0 Å². The number of ether oxygens (including phenoxy) is 1. The molecule has 1 heterocycles. The van der Waals surface area contributed by atoms with Crippen molar-refractivity contribution in [3.63, 3.8) is 0 Å². The van der Waals surface area contributed by atoms with E-state index in [4.69, 9.17) is 10.5 Å². The minimum atomic E-state index is -0.0648. The van der Waals surface area contributed by atoms with Crippen LogP contribution in [0.4, 0.5) is 0 Å². The maximum absolute atomic E-state index is 6.42. The molecule has 1 aromatic heterocycles. The molecule has 2 aromatic carbocycles. The van der Waals surface area contributed by atoms with Crippen LogP contribution < -0.4 is 10.5 Å². The lowest BCUT2D eigenvalue weighted by Crippen LogP contribution is -2.14. The van der Waals surface area contributed by atoms with Crippen molar-refractivity contribution in [3.05, 3.63) is 71.9 Å². The van der Waals surface area contributed by atoms with Gasteiger partial charge in [0.15, 0.2) is 0 Å². The van der Waals surface area contributed by atoms with Gasteiger partial charge in [0.05, 0.1) is 12.6 Å². The van der Waals surface area contributed by atoms with Crippen LogP contribution in [0.3, 0.4) is 0 Å². The Morgan fingerprint density at radius 2 is 1.95 bits per heavy atom. The highest BCUT2D eigenvalue weighted by atomic mass is 16.5. The number of pyridine rings is 1. The summed E-state index contributed by atoms with van der Waals surface area (Å²) in [7, 11) is 1.68. The number of hydrogen-bond acceptors (Lipinski definition) is 3. The van der Waals surface area contributed by atoms with Crippen molar-refractivity contribution in [2.24, 2.45) is 5.73 Å². The molecule has 3 rings (SSSR count). The molecule has 21 heavy (non-hydrogen) atoms. The summed E-state index contributed by atoms with van der Waals surface area (Å²) in [5.74, 6) is 0.860. The van der Waals surface area contributed by atoms with Gasteiger partial charge < -0.3 is 10.5 Å². The molecule has 3 nitrogen and oxygen atoms in total. The first-order chi connectivity index (χ1) is 10.3. The lowest BCUT2D eigenvalue weighted by Gasteiger charge is -2.15. The van der Waals surface area contributed by atoms with Crippen LogP contribution in [0.25, 0.3) is 10.9 Å². The number of aromatic nitrogens is 1. The summed E-state index contributed by atoms with van der Waals surface area (Å²) in [6, 6.07) is 18.1. The SMILES string of the molecule is COc1cccc(CC(N)c2cccc3ncccc23)c1. The van der Waals surface area contributed by atoms with Gasteiger partial charge in [-0.05, 0) is 41.8 Å². The van der Waals surface area contributed by atoms with E-state index in [9.17, 15) is 0 Å². The van der Waals surface area contributed by atoms with Crippen LogP contribution in [0, 0.1) is 0 Å². The molecule has 0 amide bonds. The zero-order valence-corrected chi connectivity index (χ0v) is 12.0. The molecule has 0 saturated carbocycles. The molecule has 1 atom stereocenters. The first kappa shape index (κ1) is 13.6. The molecule has 0 radical (unpaired) electrons. The fourth-order valence-corrected chi connectivity index (χ4v) is 2.61. The number of benzene rings is 2. The van der Waals surface area contributed by atoms with Crippen LogP contribution in [0.2, 0.25) is 0 Å². The third kappa shape index (κ3) is 2.88. The van der Waals surface area contributed by atoms with Gasteiger partial charge in [-0.25, -0.2) is 0 Å².